The molecule has 4 aromatic rings. The van der Waals surface area contributed by atoms with E-state index in [1.807, 2.05) is 24.3 Å². The fourth-order valence-corrected chi connectivity index (χ4v) is 3.90. The highest BCUT2D eigenvalue weighted by Gasteiger charge is 2.27. The Labute approximate surface area is 144 Å². The van der Waals surface area contributed by atoms with Gasteiger partial charge in [0.15, 0.2) is 5.82 Å². The van der Waals surface area contributed by atoms with Crippen LogP contribution in [0.2, 0.25) is 0 Å². The zero-order valence-corrected chi connectivity index (χ0v) is 14.2. The van der Waals surface area contributed by atoms with E-state index in [1.54, 1.807) is 4.57 Å². The lowest BCUT2D eigenvalue weighted by Crippen LogP contribution is -2.20. The Balaban J connectivity index is 1.90. The summed E-state index contributed by atoms with van der Waals surface area (Å²) in [5.41, 5.74) is 6.21. The highest BCUT2D eigenvalue weighted by Crippen LogP contribution is 2.35. The maximum atomic E-state index is 12.9. The molecule has 0 aliphatic carbocycles. The number of benzene rings is 2. The molecule has 2 aromatic heterocycles. The lowest BCUT2D eigenvalue weighted by atomic mass is 9.98. The fraction of sp³-hybridized carbons (Fsp3) is 0.190. The van der Waals surface area contributed by atoms with Crippen LogP contribution in [0.5, 0.6) is 0 Å². The van der Waals surface area contributed by atoms with E-state index in [0.29, 0.717) is 17.8 Å². The van der Waals surface area contributed by atoms with Crippen LogP contribution in [0.4, 0.5) is 0 Å². The van der Waals surface area contributed by atoms with E-state index in [4.69, 9.17) is 9.97 Å². The third-order valence-electron chi connectivity index (χ3n) is 5.10. The largest absolute Gasteiger partial charge is 0.286 e. The first-order chi connectivity index (χ1) is 12.2. The molecule has 0 saturated heterocycles. The molecule has 1 aliphatic heterocycles. The molecule has 0 spiro atoms. The Morgan fingerprint density at radius 2 is 1.84 bits per heavy atom. The van der Waals surface area contributed by atoms with Gasteiger partial charge in [-0.1, -0.05) is 30.7 Å². The van der Waals surface area contributed by atoms with Crippen molar-refractivity contribution in [2.24, 2.45) is 0 Å². The molecule has 0 radical (unpaired) electrons. The smallest absolute Gasteiger partial charge is 0.262 e. The molecule has 0 amide bonds. The van der Waals surface area contributed by atoms with Crippen LogP contribution in [-0.2, 0) is 13.0 Å². The monoisotopic (exact) mass is 327 g/mol. The minimum absolute atomic E-state index is 0.0147. The highest BCUT2D eigenvalue weighted by atomic mass is 16.1. The number of aryl methyl sites for hydroxylation is 2. The molecule has 4 nitrogen and oxygen atoms in total. The van der Waals surface area contributed by atoms with Gasteiger partial charge in [-0.3, -0.25) is 9.36 Å². The van der Waals surface area contributed by atoms with Gasteiger partial charge < -0.3 is 0 Å². The van der Waals surface area contributed by atoms with Crippen molar-refractivity contribution in [3.05, 3.63) is 69.5 Å². The lowest BCUT2D eigenvalue weighted by molar-refractivity contribution is 0.791. The first-order valence-electron chi connectivity index (χ1n) is 8.59. The maximum absolute atomic E-state index is 12.9. The second-order valence-corrected chi connectivity index (χ2v) is 6.64. The Hall–Kier alpha value is -3.01. The Kier molecular flexibility index (Phi) is 2.86. The Morgan fingerprint density at radius 1 is 1.04 bits per heavy atom. The number of hydrogen-bond acceptors (Lipinski definition) is 3. The van der Waals surface area contributed by atoms with Crippen LogP contribution < -0.4 is 5.56 Å². The molecule has 0 saturated carbocycles. The third-order valence-corrected chi connectivity index (χ3v) is 5.10. The molecule has 122 valence electrons. The highest BCUT2D eigenvalue weighted by molar-refractivity contribution is 5.89. The van der Waals surface area contributed by atoms with Crippen LogP contribution in [0, 0.1) is 6.92 Å². The summed E-state index contributed by atoms with van der Waals surface area (Å²) in [7, 11) is 0. The number of para-hydroxylation sites is 1. The number of rotatable bonds is 1. The summed E-state index contributed by atoms with van der Waals surface area (Å²) in [6.45, 7) is 4.81. The molecular weight excluding hydrogens is 310 g/mol. The molecule has 1 aliphatic rings. The van der Waals surface area contributed by atoms with Gasteiger partial charge in [-0.25, -0.2) is 9.97 Å². The van der Waals surface area contributed by atoms with Crippen molar-refractivity contribution in [2.75, 3.05) is 0 Å². The summed E-state index contributed by atoms with van der Waals surface area (Å²) in [4.78, 5) is 22.6. The predicted molar refractivity (Wildman–Crippen MR) is 100.0 cm³/mol. The van der Waals surface area contributed by atoms with Gasteiger partial charge in [0.2, 0.25) is 0 Å². The predicted octanol–water partition coefficient (Wildman–Crippen LogP) is 3.84. The number of aromatic nitrogens is 3. The minimum atomic E-state index is 0.0147. The second kappa shape index (κ2) is 4.99. The summed E-state index contributed by atoms with van der Waals surface area (Å²) in [6, 6.07) is 13.9. The van der Waals surface area contributed by atoms with Gasteiger partial charge in [-0.15, -0.1) is 0 Å². The molecule has 0 unspecified atom stereocenters. The van der Waals surface area contributed by atoms with Crippen molar-refractivity contribution in [1.29, 1.82) is 0 Å². The first kappa shape index (κ1) is 14.3. The van der Waals surface area contributed by atoms with Gasteiger partial charge in [-0.05, 0) is 43.2 Å². The second-order valence-electron chi connectivity index (χ2n) is 6.64. The molecule has 0 fully saturated rings. The van der Waals surface area contributed by atoms with E-state index >= 15 is 0 Å². The van der Waals surface area contributed by atoms with Crippen LogP contribution in [0.3, 0.4) is 0 Å². The van der Waals surface area contributed by atoms with Crippen molar-refractivity contribution in [2.45, 2.75) is 26.8 Å². The van der Waals surface area contributed by atoms with E-state index in [2.05, 4.69) is 32.0 Å². The van der Waals surface area contributed by atoms with E-state index in [9.17, 15) is 4.79 Å². The zero-order chi connectivity index (χ0) is 17.1. The van der Waals surface area contributed by atoms with Crippen molar-refractivity contribution in [3.8, 4) is 11.5 Å². The van der Waals surface area contributed by atoms with Gasteiger partial charge in [0.05, 0.1) is 23.0 Å². The first-order valence-corrected chi connectivity index (χ1v) is 8.59. The van der Waals surface area contributed by atoms with Crippen molar-refractivity contribution in [3.63, 3.8) is 0 Å². The van der Waals surface area contributed by atoms with E-state index in [0.717, 1.165) is 28.7 Å². The topological polar surface area (TPSA) is 47.8 Å². The van der Waals surface area contributed by atoms with Gasteiger partial charge in [-0.2, -0.15) is 0 Å². The van der Waals surface area contributed by atoms with E-state index in [-0.39, 0.29) is 5.56 Å². The molecule has 0 N–H and O–H groups in total. The average Bonchev–Trinajstić information content (AvgIpc) is 2.98. The van der Waals surface area contributed by atoms with Gasteiger partial charge in [0, 0.05) is 10.9 Å². The standard InChI is InChI=1S/C21H17N3O/c1-3-13-15-10-12(2)8-9-18(15)22-19-16(13)11-24-20(19)23-17-7-5-4-6-14(17)21(24)25/h4-10H,3,11H2,1-2H3. The van der Waals surface area contributed by atoms with Crippen LogP contribution in [0.1, 0.15) is 23.6 Å². The molecule has 5 rings (SSSR count). The molecule has 4 heteroatoms. The molecule has 2 aromatic carbocycles. The van der Waals surface area contributed by atoms with Crippen molar-refractivity contribution in [1.82, 2.24) is 14.5 Å². The molecular formula is C21H17N3O. The number of hydrogen-bond donors (Lipinski definition) is 0. The summed E-state index contributed by atoms with van der Waals surface area (Å²) >= 11 is 0. The summed E-state index contributed by atoms with van der Waals surface area (Å²) < 4.78 is 1.77. The SMILES string of the molecule is CCc1c2c(nc3ccc(C)cc13)-c1nc3ccccc3c(=O)n1C2. The molecule has 25 heavy (non-hydrogen) atoms. The lowest BCUT2D eigenvalue weighted by Gasteiger charge is -2.10. The number of fused-ring (bicyclic) bond motifs is 5. The summed E-state index contributed by atoms with van der Waals surface area (Å²) in [6.07, 6.45) is 0.910. The van der Waals surface area contributed by atoms with Crippen molar-refractivity contribution < 1.29 is 0 Å². The van der Waals surface area contributed by atoms with Crippen LogP contribution in [0.15, 0.2) is 47.3 Å². The Bertz CT molecular complexity index is 1240. The van der Waals surface area contributed by atoms with Gasteiger partial charge in [0.25, 0.3) is 5.56 Å². The quantitative estimate of drug-likeness (QED) is 0.470. The van der Waals surface area contributed by atoms with Crippen LogP contribution >= 0.6 is 0 Å². The van der Waals surface area contributed by atoms with E-state index in [1.165, 1.54) is 16.5 Å². The third kappa shape index (κ3) is 1.91. The molecule has 0 atom stereocenters. The number of nitrogens with zero attached hydrogens (tertiary/aromatic N) is 3. The zero-order valence-electron chi connectivity index (χ0n) is 14.2. The van der Waals surface area contributed by atoms with E-state index < -0.39 is 0 Å². The van der Waals surface area contributed by atoms with Crippen LogP contribution in [-0.4, -0.2) is 14.5 Å². The van der Waals surface area contributed by atoms with Gasteiger partial charge >= 0.3 is 0 Å². The van der Waals surface area contributed by atoms with Gasteiger partial charge in [0.1, 0.15) is 5.69 Å². The molecule has 0 bridgehead atoms. The van der Waals surface area contributed by atoms with Crippen molar-refractivity contribution >= 4 is 21.8 Å². The minimum Gasteiger partial charge on any atom is -0.286 e. The summed E-state index contributed by atoms with van der Waals surface area (Å²) in [5, 5.41) is 1.85. The Morgan fingerprint density at radius 3 is 2.68 bits per heavy atom. The molecule has 3 heterocycles. The average molecular weight is 327 g/mol. The van der Waals surface area contributed by atoms with Crippen LogP contribution in [0.25, 0.3) is 33.3 Å². The normalized spacial score (nSPS) is 12.6. The number of pyridine rings is 1. The maximum Gasteiger partial charge on any atom is 0.262 e. The summed E-state index contributed by atoms with van der Waals surface area (Å²) in [5.74, 6) is 0.691. The fourth-order valence-electron chi connectivity index (χ4n) is 3.90.